The van der Waals surface area contributed by atoms with E-state index < -0.39 is 24.1 Å². The van der Waals surface area contributed by atoms with E-state index in [-0.39, 0.29) is 24.2 Å². The van der Waals surface area contributed by atoms with Gasteiger partial charge in [0, 0.05) is 4.47 Å². The maximum Gasteiger partial charge on any atom is 0.395 e. The van der Waals surface area contributed by atoms with Crippen molar-refractivity contribution >= 4 is 33.7 Å². The van der Waals surface area contributed by atoms with E-state index in [4.69, 9.17) is 10.8 Å². The number of thioether (sulfide) groups is 1. The number of benzene rings is 2. The molecule has 0 aliphatic carbocycles. The Hall–Kier alpha value is -1.51. The molecule has 0 spiro atoms. The minimum Gasteiger partial charge on any atom is -0.480 e. The van der Waals surface area contributed by atoms with E-state index >= 15 is 0 Å². The summed E-state index contributed by atoms with van der Waals surface area (Å²) in [6.07, 6.45) is -4.16. The van der Waals surface area contributed by atoms with Crippen LogP contribution in [0.25, 0.3) is 11.1 Å². The standard InChI is InChI=1S/C20H21BrF3NO2S/c21-16-7-5-14(6-8-16)13-1-3-15(4-2-13)17(20(22,23)24)9-11-28-12-10-18(25)19(26)27/h1-8,17-18H,9-12,25H2,(H,26,27). The van der Waals surface area contributed by atoms with Crippen molar-refractivity contribution in [1.29, 1.82) is 0 Å². The fourth-order valence-electron chi connectivity index (χ4n) is 2.71. The summed E-state index contributed by atoms with van der Waals surface area (Å²) < 4.78 is 41.5. The molecule has 2 atom stereocenters. The van der Waals surface area contributed by atoms with Crippen molar-refractivity contribution in [3.8, 4) is 11.1 Å². The highest BCUT2D eigenvalue weighted by Crippen LogP contribution is 2.39. The minimum absolute atomic E-state index is 0.0614. The topological polar surface area (TPSA) is 63.3 Å². The fourth-order valence-corrected chi connectivity index (χ4v) is 4.00. The Kier molecular flexibility index (Phi) is 8.39. The minimum atomic E-state index is -4.34. The lowest BCUT2D eigenvalue weighted by molar-refractivity contribution is -0.150. The quantitative estimate of drug-likeness (QED) is 0.457. The predicted molar refractivity (Wildman–Crippen MR) is 111 cm³/mol. The van der Waals surface area contributed by atoms with Crippen molar-refractivity contribution in [3.05, 3.63) is 58.6 Å². The number of carboxylic acid groups (broad SMARTS) is 1. The van der Waals surface area contributed by atoms with Gasteiger partial charge in [0.25, 0.3) is 0 Å². The Bertz CT molecular complexity index is 767. The first kappa shape index (κ1) is 22.8. The molecule has 0 bridgehead atoms. The van der Waals surface area contributed by atoms with Crippen molar-refractivity contribution in [3.63, 3.8) is 0 Å². The van der Waals surface area contributed by atoms with Gasteiger partial charge in [-0.1, -0.05) is 52.3 Å². The van der Waals surface area contributed by atoms with Gasteiger partial charge in [0.15, 0.2) is 0 Å². The molecule has 2 aromatic rings. The molecule has 8 heteroatoms. The second kappa shape index (κ2) is 10.3. The van der Waals surface area contributed by atoms with E-state index in [0.29, 0.717) is 5.75 Å². The third-order valence-corrected chi connectivity index (χ3v) is 5.90. The van der Waals surface area contributed by atoms with Crippen LogP contribution in [0.4, 0.5) is 13.2 Å². The van der Waals surface area contributed by atoms with Crippen molar-refractivity contribution in [2.75, 3.05) is 11.5 Å². The maximum absolute atomic E-state index is 13.5. The molecule has 0 heterocycles. The van der Waals surface area contributed by atoms with Gasteiger partial charge in [-0.25, -0.2) is 0 Å². The van der Waals surface area contributed by atoms with Crippen LogP contribution in [0.1, 0.15) is 24.3 Å². The highest BCUT2D eigenvalue weighted by atomic mass is 79.9. The first-order valence-corrected chi connectivity index (χ1v) is 10.6. The third kappa shape index (κ3) is 6.83. The molecule has 2 rings (SSSR count). The van der Waals surface area contributed by atoms with Crippen LogP contribution in [0.2, 0.25) is 0 Å². The van der Waals surface area contributed by atoms with E-state index in [1.165, 1.54) is 23.9 Å². The smallest absolute Gasteiger partial charge is 0.395 e. The Labute approximate surface area is 174 Å². The number of nitrogens with two attached hydrogens (primary N) is 1. The van der Waals surface area contributed by atoms with Crippen LogP contribution in [0.15, 0.2) is 53.0 Å². The summed E-state index contributed by atoms with van der Waals surface area (Å²) in [5.74, 6) is -1.95. The Morgan fingerprint density at radius 3 is 2.00 bits per heavy atom. The van der Waals surface area contributed by atoms with Gasteiger partial charge in [-0.2, -0.15) is 24.9 Å². The second-order valence-electron chi connectivity index (χ2n) is 6.36. The van der Waals surface area contributed by atoms with Crippen LogP contribution in [-0.4, -0.2) is 34.8 Å². The van der Waals surface area contributed by atoms with Crippen LogP contribution in [0.5, 0.6) is 0 Å². The second-order valence-corrected chi connectivity index (χ2v) is 8.50. The first-order chi connectivity index (χ1) is 13.2. The monoisotopic (exact) mass is 475 g/mol. The summed E-state index contributed by atoms with van der Waals surface area (Å²) in [5, 5.41) is 8.71. The van der Waals surface area contributed by atoms with Crippen LogP contribution >= 0.6 is 27.7 Å². The number of carbonyl (C=O) groups is 1. The zero-order valence-electron chi connectivity index (χ0n) is 15.0. The molecule has 0 aliphatic heterocycles. The molecule has 152 valence electrons. The third-order valence-electron chi connectivity index (χ3n) is 4.33. The van der Waals surface area contributed by atoms with E-state index in [1.54, 1.807) is 12.1 Å². The number of hydrogen-bond acceptors (Lipinski definition) is 3. The lowest BCUT2D eigenvalue weighted by Crippen LogP contribution is -2.30. The number of alkyl halides is 3. The van der Waals surface area contributed by atoms with E-state index in [9.17, 15) is 18.0 Å². The van der Waals surface area contributed by atoms with Gasteiger partial charge < -0.3 is 10.8 Å². The van der Waals surface area contributed by atoms with Gasteiger partial charge in [0.05, 0.1) is 5.92 Å². The summed E-state index contributed by atoms with van der Waals surface area (Å²) >= 11 is 4.65. The molecule has 0 aliphatic rings. The number of hydrogen-bond donors (Lipinski definition) is 2. The number of halogens is 4. The molecule has 0 radical (unpaired) electrons. The summed E-state index contributed by atoms with van der Waals surface area (Å²) in [6.45, 7) is 0. The predicted octanol–water partition coefficient (Wildman–Crippen LogP) is 5.69. The van der Waals surface area contributed by atoms with Crippen molar-refractivity contribution in [2.45, 2.75) is 31.0 Å². The first-order valence-electron chi connectivity index (χ1n) is 8.67. The molecular weight excluding hydrogens is 455 g/mol. The van der Waals surface area contributed by atoms with Crippen molar-refractivity contribution in [2.24, 2.45) is 5.73 Å². The molecular formula is C20H21BrF3NO2S. The summed E-state index contributed by atoms with van der Waals surface area (Å²) in [6, 6.07) is 13.1. The average molecular weight is 476 g/mol. The number of aliphatic carboxylic acids is 1. The number of carboxylic acids is 1. The molecule has 0 saturated carbocycles. The fraction of sp³-hybridized carbons (Fsp3) is 0.350. The van der Waals surface area contributed by atoms with Crippen molar-refractivity contribution < 1.29 is 23.1 Å². The van der Waals surface area contributed by atoms with E-state index in [0.717, 1.165) is 15.6 Å². The summed E-state index contributed by atoms with van der Waals surface area (Å²) in [4.78, 5) is 10.6. The Morgan fingerprint density at radius 1 is 1.00 bits per heavy atom. The highest BCUT2D eigenvalue weighted by molar-refractivity contribution is 9.10. The zero-order valence-corrected chi connectivity index (χ0v) is 17.4. The van der Waals surface area contributed by atoms with Crippen molar-refractivity contribution in [1.82, 2.24) is 0 Å². The van der Waals surface area contributed by atoms with Gasteiger partial charge >= 0.3 is 12.1 Å². The number of rotatable bonds is 9. The van der Waals surface area contributed by atoms with Crippen LogP contribution in [0.3, 0.4) is 0 Å². The normalized spacial score (nSPS) is 13.9. The Balaban J connectivity index is 1.99. The molecule has 0 fully saturated rings. The molecule has 0 saturated heterocycles. The largest absolute Gasteiger partial charge is 0.480 e. The molecule has 3 N–H and O–H groups in total. The Morgan fingerprint density at radius 2 is 1.50 bits per heavy atom. The molecule has 2 unspecified atom stereocenters. The zero-order chi connectivity index (χ0) is 20.7. The highest BCUT2D eigenvalue weighted by Gasteiger charge is 2.40. The molecule has 3 nitrogen and oxygen atoms in total. The van der Waals surface area contributed by atoms with Gasteiger partial charge in [-0.3, -0.25) is 4.79 Å². The van der Waals surface area contributed by atoms with Crippen LogP contribution in [-0.2, 0) is 4.79 Å². The summed E-state index contributed by atoms with van der Waals surface area (Å²) in [5.41, 5.74) is 7.42. The lowest BCUT2D eigenvalue weighted by atomic mass is 9.94. The van der Waals surface area contributed by atoms with Gasteiger partial charge in [-0.15, -0.1) is 0 Å². The van der Waals surface area contributed by atoms with Gasteiger partial charge in [0.1, 0.15) is 6.04 Å². The average Bonchev–Trinajstić information content (AvgIpc) is 2.64. The van der Waals surface area contributed by atoms with Crippen LogP contribution in [0, 0.1) is 0 Å². The lowest BCUT2D eigenvalue weighted by Gasteiger charge is -2.21. The summed E-state index contributed by atoms with van der Waals surface area (Å²) in [7, 11) is 0. The van der Waals surface area contributed by atoms with Crippen LogP contribution < -0.4 is 5.73 Å². The van der Waals surface area contributed by atoms with E-state index in [1.807, 2.05) is 24.3 Å². The molecule has 28 heavy (non-hydrogen) atoms. The SMILES string of the molecule is NC(CCSCCC(c1ccc(-c2ccc(Br)cc2)cc1)C(F)(F)F)C(=O)O. The van der Waals surface area contributed by atoms with Gasteiger partial charge in [-0.05, 0) is 53.2 Å². The molecule has 0 amide bonds. The molecule has 0 aromatic heterocycles. The molecule has 2 aromatic carbocycles. The maximum atomic E-state index is 13.5. The van der Waals surface area contributed by atoms with Gasteiger partial charge in [0.2, 0.25) is 0 Å². The van der Waals surface area contributed by atoms with E-state index in [2.05, 4.69) is 15.9 Å².